The van der Waals surface area contributed by atoms with Crippen LogP contribution in [0.2, 0.25) is 10.0 Å². The third-order valence-corrected chi connectivity index (χ3v) is 5.67. The maximum atomic E-state index is 13.3. The first-order valence-electron chi connectivity index (χ1n) is 9.80. The molecule has 0 aliphatic carbocycles. The number of anilines is 2. The molecule has 4 rings (SSSR count). The number of carbonyl (C=O) groups excluding carboxylic acids is 2. The first-order valence-corrected chi connectivity index (χ1v) is 10.6. The zero-order chi connectivity index (χ0) is 22.0. The number of carbonyl (C=O) groups is 2. The summed E-state index contributed by atoms with van der Waals surface area (Å²) in [6, 6.07) is 20.1. The Labute approximate surface area is 190 Å². The van der Waals surface area contributed by atoms with Gasteiger partial charge in [-0.25, -0.2) is 0 Å². The Bertz CT molecular complexity index is 1110. The van der Waals surface area contributed by atoms with Crippen LogP contribution in [-0.4, -0.2) is 24.9 Å². The predicted octanol–water partition coefficient (Wildman–Crippen LogP) is 5.59. The van der Waals surface area contributed by atoms with E-state index in [0.717, 1.165) is 5.56 Å². The largest absolute Gasteiger partial charge is 0.486 e. The summed E-state index contributed by atoms with van der Waals surface area (Å²) in [5, 5.41) is 0.532. The van der Waals surface area contributed by atoms with E-state index in [-0.39, 0.29) is 21.9 Å². The van der Waals surface area contributed by atoms with Crippen molar-refractivity contribution in [3.05, 3.63) is 87.9 Å². The minimum Gasteiger partial charge on any atom is -0.486 e. The third-order valence-electron chi connectivity index (χ3n) is 5.11. The molecule has 0 atom stereocenters. The van der Waals surface area contributed by atoms with Crippen LogP contribution in [0.1, 0.15) is 22.8 Å². The van der Waals surface area contributed by atoms with E-state index in [1.54, 1.807) is 21.9 Å². The average Bonchev–Trinajstić information content (AvgIpc) is 2.77. The van der Waals surface area contributed by atoms with Crippen molar-refractivity contribution in [2.45, 2.75) is 13.5 Å². The summed E-state index contributed by atoms with van der Waals surface area (Å²) in [6.07, 6.45) is 0. The van der Waals surface area contributed by atoms with Gasteiger partial charge in [0.15, 0.2) is 5.75 Å². The van der Waals surface area contributed by atoms with Gasteiger partial charge in [0.2, 0.25) is 5.91 Å². The number of ether oxygens (including phenoxy) is 1. The van der Waals surface area contributed by atoms with Crippen LogP contribution in [0.25, 0.3) is 0 Å². The van der Waals surface area contributed by atoms with Gasteiger partial charge in [0.05, 0.1) is 21.4 Å². The van der Waals surface area contributed by atoms with Crippen LogP contribution in [0.5, 0.6) is 5.75 Å². The maximum absolute atomic E-state index is 13.3. The molecule has 0 saturated heterocycles. The second-order valence-electron chi connectivity index (χ2n) is 7.16. The number of rotatable bonds is 4. The van der Waals surface area contributed by atoms with Crippen LogP contribution in [-0.2, 0) is 11.4 Å². The molecule has 31 heavy (non-hydrogen) atoms. The van der Waals surface area contributed by atoms with Crippen LogP contribution in [0, 0.1) is 0 Å². The fourth-order valence-electron chi connectivity index (χ4n) is 3.61. The number of nitrogens with zero attached hydrogens (tertiary/aromatic N) is 2. The highest BCUT2D eigenvalue weighted by Crippen LogP contribution is 2.37. The smallest absolute Gasteiger partial charge is 0.258 e. The van der Waals surface area contributed by atoms with E-state index in [1.165, 1.54) is 6.92 Å². The standard InChI is InChI=1S/C24H20Cl2N2O3/c1-16(29)27-11-12-28(22-10-6-5-9-21(22)27)24(30)18-13-19(25)23(20(26)14-18)31-15-17-7-3-2-4-8-17/h2-10,13-14H,11-12,15H2,1H3. The lowest BCUT2D eigenvalue weighted by Crippen LogP contribution is -2.45. The van der Waals surface area contributed by atoms with Crippen molar-refractivity contribution in [3.8, 4) is 5.75 Å². The molecule has 0 unspecified atom stereocenters. The number of fused-ring (bicyclic) bond motifs is 1. The highest BCUT2D eigenvalue weighted by molar-refractivity contribution is 6.38. The number of hydrogen-bond acceptors (Lipinski definition) is 3. The van der Waals surface area contributed by atoms with Gasteiger partial charge in [-0.05, 0) is 29.8 Å². The summed E-state index contributed by atoms with van der Waals surface area (Å²) in [6.45, 7) is 2.62. The Morgan fingerprint density at radius 1 is 0.871 bits per heavy atom. The second kappa shape index (κ2) is 9.00. The predicted molar refractivity (Wildman–Crippen MR) is 123 cm³/mol. The molecule has 1 heterocycles. The van der Waals surface area contributed by atoms with E-state index in [9.17, 15) is 9.59 Å². The van der Waals surface area contributed by atoms with Crippen molar-refractivity contribution in [1.29, 1.82) is 0 Å². The third kappa shape index (κ3) is 4.38. The van der Waals surface area contributed by atoms with Gasteiger partial charge in [-0.3, -0.25) is 9.59 Å². The number of hydrogen-bond donors (Lipinski definition) is 0. The molecule has 0 N–H and O–H groups in total. The van der Waals surface area contributed by atoms with E-state index >= 15 is 0 Å². The quantitative estimate of drug-likeness (QED) is 0.516. The molecule has 1 aliphatic rings. The van der Waals surface area contributed by atoms with E-state index < -0.39 is 0 Å². The zero-order valence-corrected chi connectivity index (χ0v) is 18.4. The molecule has 0 spiro atoms. The summed E-state index contributed by atoms with van der Waals surface area (Å²) >= 11 is 12.8. The Morgan fingerprint density at radius 2 is 1.42 bits per heavy atom. The summed E-state index contributed by atoms with van der Waals surface area (Å²) < 4.78 is 5.80. The highest BCUT2D eigenvalue weighted by Gasteiger charge is 2.29. The topological polar surface area (TPSA) is 49.9 Å². The number of para-hydroxylation sites is 2. The molecule has 1 aliphatic heterocycles. The van der Waals surface area contributed by atoms with Gasteiger partial charge in [0, 0.05) is 25.6 Å². The molecular formula is C24H20Cl2N2O3. The molecule has 0 radical (unpaired) electrons. The Morgan fingerprint density at radius 3 is 2.03 bits per heavy atom. The van der Waals surface area contributed by atoms with Crippen molar-refractivity contribution < 1.29 is 14.3 Å². The molecule has 0 saturated carbocycles. The molecule has 0 aromatic heterocycles. The van der Waals surface area contributed by atoms with E-state index in [0.29, 0.717) is 42.4 Å². The van der Waals surface area contributed by atoms with Gasteiger partial charge in [0.25, 0.3) is 5.91 Å². The minimum absolute atomic E-state index is 0.0643. The van der Waals surface area contributed by atoms with Crippen LogP contribution in [0.4, 0.5) is 11.4 Å². The molecule has 0 bridgehead atoms. The van der Waals surface area contributed by atoms with Gasteiger partial charge in [-0.15, -0.1) is 0 Å². The van der Waals surface area contributed by atoms with Crippen molar-refractivity contribution in [2.75, 3.05) is 22.9 Å². The Balaban J connectivity index is 1.59. The van der Waals surface area contributed by atoms with Gasteiger partial charge in [0.1, 0.15) is 6.61 Å². The highest BCUT2D eigenvalue weighted by atomic mass is 35.5. The van der Waals surface area contributed by atoms with Crippen molar-refractivity contribution in [3.63, 3.8) is 0 Å². The summed E-state index contributed by atoms with van der Waals surface area (Å²) in [5.41, 5.74) is 2.71. The molecule has 3 aromatic rings. The lowest BCUT2D eigenvalue weighted by molar-refractivity contribution is -0.116. The van der Waals surface area contributed by atoms with E-state index in [2.05, 4.69) is 0 Å². The number of halogens is 2. The van der Waals surface area contributed by atoms with Crippen molar-refractivity contribution in [1.82, 2.24) is 0 Å². The number of benzene rings is 3. The number of amides is 2. The molecule has 0 fully saturated rings. The van der Waals surface area contributed by atoms with Crippen LogP contribution >= 0.6 is 23.2 Å². The fraction of sp³-hybridized carbons (Fsp3) is 0.167. The Hall–Kier alpha value is -3.02. The zero-order valence-electron chi connectivity index (χ0n) is 16.8. The summed E-state index contributed by atoms with van der Waals surface area (Å²) in [4.78, 5) is 28.6. The minimum atomic E-state index is -0.242. The summed E-state index contributed by atoms with van der Waals surface area (Å²) in [5.74, 6) is 0.0325. The first-order chi connectivity index (χ1) is 15.0. The van der Waals surface area contributed by atoms with Crippen LogP contribution in [0.3, 0.4) is 0 Å². The molecule has 5 nitrogen and oxygen atoms in total. The first kappa shape index (κ1) is 21.2. The molecule has 2 amide bonds. The monoisotopic (exact) mass is 454 g/mol. The molecular weight excluding hydrogens is 435 g/mol. The lowest BCUT2D eigenvalue weighted by atomic mass is 10.1. The van der Waals surface area contributed by atoms with Crippen LogP contribution < -0.4 is 14.5 Å². The van der Waals surface area contributed by atoms with Gasteiger partial charge in [-0.1, -0.05) is 65.7 Å². The van der Waals surface area contributed by atoms with E-state index in [1.807, 2.05) is 54.6 Å². The van der Waals surface area contributed by atoms with E-state index in [4.69, 9.17) is 27.9 Å². The average molecular weight is 455 g/mol. The molecule has 3 aromatic carbocycles. The lowest BCUT2D eigenvalue weighted by Gasteiger charge is -2.36. The normalized spacial score (nSPS) is 13.0. The Kier molecular flexibility index (Phi) is 6.16. The molecule has 158 valence electrons. The second-order valence-corrected chi connectivity index (χ2v) is 7.97. The van der Waals surface area contributed by atoms with Gasteiger partial charge < -0.3 is 14.5 Å². The van der Waals surface area contributed by atoms with Crippen molar-refractivity contribution in [2.24, 2.45) is 0 Å². The SMILES string of the molecule is CC(=O)N1CCN(C(=O)c2cc(Cl)c(OCc3ccccc3)c(Cl)c2)c2ccccc21. The van der Waals surface area contributed by atoms with Crippen molar-refractivity contribution >= 4 is 46.4 Å². The van der Waals surface area contributed by atoms with Gasteiger partial charge in [-0.2, -0.15) is 0 Å². The summed E-state index contributed by atoms with van der Waals surface area (Å²) in [7, 11) is 0. The molecule has 7 heteroatoms. The van der Waals surface area contributed by atoms with Crippen LogP contribution in [0.15, 0.2) is 66.7 Å². The maximum Gasteiger partial charge on any atom is 0.258 e. The fourth-order valence-corrected chi connectivity index (χ4v) is 4.20. The van der Waals surface area contributed by atoms with Gasteiger partial charge >= 0.3 is 0 Å².